The highest BCUT2D eigenvalue weighted by atomic mass is 19.3. The predicted octanol–water partition coefficient (Wildman–Crippen LogP) is 2.45. The van der Waals surface area contributed by atoms with E-state index in [1.54, 1.807) is 24.3 Å². The summed E-state index contributed by atoms with van der Waals surface area (Å²) < 4.78 is 29.2. The van der Waals surface area contributed by atoms with Crippen LogP contribution in [0.2, 0.25) is 0 Å². The van der Waals surface area contributed by atoms with Crippen molar-refractivity contribution >= 4 is 11.9 Å². The average Bonchev–Trinajstić information content (AvgIpc) is 3.01. The summed E-state index contributed by atoms with van der Waals surface area (Å²) in [5, 5.41) is 11.7. The fourth-order valence-corrected chi connectivity index (χ4v) is 2.68. The van der Waals surface area contributed by atoms with Gasteiger partial charge in [0.05, 0.1) is 5.92 Å². The molecule has 1 aromatic carbocycles. The molecule has 1 aliphatic carbocycles. The van der Waals surface area contributed by atoms with Crippen LogP contribution in [0.25, 0.3) is 0 Å². The van der Waals surface area contributed by atoms with Crippen LogP contribution in [0, 0.1) is 11.8 Å². The van der Waals surface area contributed by atoms with Crippen LogP contribution in [-0.2, 0) is 16.1 Å². The second-order valence-electron chi connectivity index (χ2n) is 5.61. The van der Waals surface area contributed by atoms with Crippen LogP contribution in [0.1, 0.15) is 24.8 Å². The summed E-state index contributed by atoms with van der Waals surface area (Å²) in [6.07, 6.45) is -1.09. The van der Waals surface area contributed by atoms with Crippen molar-refractivity contribution in [3.63, 3.8) is 0 Å². The quantitative estimate of drug-likeness (QED) is 0.806. The zero-order valence-corrected chi connectivity index (χ0v) is 12.5. The van der Waals surface area contributed by atoms with Gasteiger partial charge in [-0.1, -0.05) is 12.1 Å². The molecule has 7 heteroatoms. The van der Waals surface area contributed by atoms with E-state index in [1.165, 1.54) is 0 Å². The van der Waals surface area contributed by atoms with E-state index in [4.69, 9.17) is 9.84 Å². The molecular formula is C16H19F2NO4. The summed E-state index contributed by atoms with van der Waals surface area (Å²) >= 11 is 0. The summed E-state index contributed by atoms with van der Waals surface area (Å²) in [5.41, 5.74) is 0.734. The van der Waals surface area contributed by atoms with E-state index < -0.39 is 24.9 Å². The number of benzene rings is 1. The van der Waals surface area contributed by atoms with Crippen molar-refractivity contribution in [2.45, 2.75) is 32.2 Å². The van der Waals surface area contributed by atoms with Crippen LogP contribution < -0.4 is 10.1 Å². The third-order valence-electron chi connectivity index (χ3n) is 3.89. The molecule has 1 aliphatic rings. The third kappa shape index (κ3) is 5.19. The Morgan fingerprint density at radius 2 is 2.04 bits per heavy atom. The van der Waals surface area contributed by atoms with E-state index in [-0.39, 0.29) is 18.4 Å². The minimum Gasteiger partial charge on any atom is -0.488 e. The van der Waals surface area contributed by atoms with Crippen LogP contribution in [0.5, 0.6) is 5.75 Å². The van der Waals surface area contributed by atoms with E-state index >= 15 is 0 Å². The molecule has 126 valence electrons. The molecule has 0 saturated heterocycles. The van der Waals surface area contributed by atoms with Gasteiger partial charge in [-0.2, -0.15) is 0 Å². The lowest BCUT2D eigenvalue weighted by molar-refractivity contribution is -0.141. The van der Waals surface area contributed by atoms with Crippen molar-refractivity contribution in [3.8, 4) is 5.75 Å². The number of hydrogen-bond acceptors (Lipinski definition) is 3. The SMILES string of the molecule is O=C(O)[C@@H]1CC[C@H](C(=O)NCc2cccc(OCC(F)F)c2)C1. The Kier molecular flexibility index (Phi) is 5.90. The minimum atomic E-state index is -2.54. The number of rotatable bonds is 7. The maximum absolute atomic E-state index is 12.1. The normalized spacial score (nSPS) is 20.5. The highest BCUT2D eigenvalue weighted by Gasteiger charge is 2.33. The number of alkyl halides is 2. The summed E-state index contributed by atoms with van der Waals surface area (Å²) in [6, 6.07) is 6.59. The third-order valence-corrected chi connectivity index (χ3v) is 3.89. The fourth-order valence-electron chi connectivity index (χ4n) is 2.68. The average molecular weight is 327 g/mol. The number of hydrogen-bond donors (Lipinski definition) is 2. The lowest BCUT2D eigenvalue weighted by atomic mass is 10.0. The van der Waals surface area contributed by atoms with Crippen molar-refractivity contribution in [1.82, 2.24) is 5.32 Å². The molecule has 23 heavy (non-hydrogen) atoms. The number of amides is 1. The Morgan fingerprint density at radius 3 is 2.70 bits per heavy atom. The second kappa shape index (κ2) is 7.89. The number of halogens is 2. The van der Waals surface area contributed by atoms with Gasteiger partial charge in [-0.25, -0.2) is 8.78 Å². The molecule has 1 saturated carbocycles. The number of carboxylic acid groups (broad SMARTS) is 1. The summed E-state index contributed by atoms with van der Waals surface area (Å²) in [5.74, 6) is -1.44. The van der Waals surface area contributed by atoms with Gasteiger partial charge in [0.15, 0.2) is 0 Å². The van der Waals surface area contributed by atoms with Crippen molar-refractivity contribution in [1.29, 1.82) is 0 Å². The molecule has 0 bridgehead atoms. The molecule has 0 radical (unpaired) electrons. The molecule has 1 fully saturated rings. The molecule has 2 rings (SSSR count). The lowest BCUT2D eigenvalue weighted by Gasteiger charge is -2.12. The topological polar surface area (TPSA) is 75.6 Å². The van der Waals surface area contributed by atoms with Gasteiger partial charge in [0.1, 0.15) is 12.4 Å². The minimum absolute atomic E-state index is 0.173. The maximum atomic E-state index is 12.1. The molecule has 2 N–H and O–H groups in total. The Labute approximate surface area is 132 Å². The molecule has 2 atom stereocenters. The lowest BCUT2D eigenvalue weighted by Crippen LogP contribution is -2.29. The Hall–Kier alpha value is -2.18. The number of carbonyl (C=O) groups is 2. The summed E-state index contributed by atoms with van der Waals surface area (Å²) in [7, 11) is 0. The summed E-state index contributed by atoms with van der Waals surface area (Å²) in [4.78, 5) is 22.9. The molecule has 0 unspecified atom stereocenters. The van der Waals surface area contributed by atoms with Gasteiger partial charge in [0.25, 0.3) is 6.43 Å². The molecule has 0 aromatic heterocycles. The first-order valence-electron chi connectivity index (χ1n) is 7.46. The Balaban J connectivity index is 1.82. The van der Waals surface area contributed by atoms with Gasteiger partial charge < -0.3 is 15.2 Å². The van der Waals surface area contributed by atoms with Crippen LogP contribution in [0.15, 0.2) is 24.3 Å². The predicted molar refractivity (Wildman–Crippen MR) is 78.3 cm³/mol. The zero-order chi connectivity index (χ0) is 16.8. The monoisotopic (exact) mass is 327 g/mol. The highest BCUT2D eigenvalue weighted by Crippen LogP contribution is 2.31. The Bertz CT molecular complexity index is 565. The van der Waals surface area contributed by atoms with E-state index in [9.17, 15) is 18.4 Å². The molecule has 0 aliphatic heterocycles. The van der Waals surface area contributed by atoms with Gasteiger partial charge in [-0.3, -0.25) is 9.59 Å². The molecule has 0 spiro atoms. The van der Waals surface area contributed by atoms with E-state index in [0.717, 1.165) is 5.56 Å². The standard InChI is InChI=1S/C16H19F2NO4/c17-14(18)9-23-13-3-1-2-10(6-13)8-19-15(20)11-4-5-12(7-11)16(21)22/h1-3,6,11-12,14H,4-5,7-9H2,(H,19,20)(H,21,22)/t11-,12+/m0/s1. The van der Waals surface area contributed by atoms with Crippen molar-refractivity contribution < 1.29 is 28.2 Å². The number of ether oxygens (including phenoxy) is 1. The molecule has 5 nitrogen and oxygen atoms in total. The summed E-state index contributed by atoms with van der Waals surface area (Å²) in [6.45, 7) is -0.423. The fraction of sp³-hybridized carbons (Fsp3) is 0.500. The van der Waals surface area contributed by atoms with Gasteiger partial charge in [0, 0.05) is 12.5 Å². The zero-order valence-electron chi connectivity index (χ0n) is 12.5. The number of carbonyl (C=O) groups excluding carboxylic acids is 1. The molecular weight excluding hydrogens is 308 g/mol. The smallest absolute Gasteiger partial charge is 0.306 e. The van der Waals surface area contributed by atoms with Crippen molar-refractivity contribution in [3.05, 3.63) is 29.8 Å². The number of carboxylic acids is 1. The molecule has 1 amide bonds. The van der Waals surface area contributed by atoms with Crippen molar-refractivity contribution in [2.75, 3.05) is 6.61 Å². The van der Waals surface area contributed by atoms with Crippen LogP contribution in [0.4, 0.5) is 8.78 Å². The first-order valence-corrected chi connectivity index (χ1v) is 7.46. The molecule has 0 heterocycles. The van der Waals surface area contributed by atoms with Crippen LogP contribution in [-0.4, -0.2) is 30.0 Å². The van der Waals surface area contributed by atoms with Gasteiger partial charge >= 0.3 is 5.97 Å². The maximum Gasteiger partial charge on any atom is 0.306 e. The van der Waals surface area contributed by atoms with Gasteiger partial charge in [-0.15, -0.1) is 0 Å². The van der Waals surface area contributed by atoms with E-state index in [0.29, 0.717) is 25.0 Å². The Morgan fingerprint density at radius 1 is 1.30 bits per heavy atom. The number of nitrogens with one attached hydrogen (secondary N) is 1. The van der Waals surface area contributed by atoms with E-state index in [1.807, 2.05) is 0 Å². The van der Waals surface area contributed by atoms with Crippen LogP contribution in [0.3, 0.4) is 0 Å². The highest BCUT2D eigenvalue weighted by molar-refractivity contribution is 5.80. The van der Waals surface area contributed by atoms with Crippen molar-refractivity contribution in [2.24, 2.45) is 11.8 Å². The van der Waals surface area contributed by atoms with Crippen LogP contribution >= 0.6 is 0 Å². The van der Waals surface area contributed by atoms with E-state index in [2.05, 4.69) is 5.32 Å². The largest absolute Gasteiger partial charge is 0.488 e. The number of aliphatic carboxylic acids is 1. The first kappa shape index (κ1) is 17.2. The molecule has 1 aromatic rings. The van der Waals surface area contributed by atoms with Gasteiger partial charge in [0.2, 0.25) is 5.91 Å². The van der Waals surface area contributed by atoms with Gasteiger partial charge in [-0.05, 0) is 37.0 Å². The second-order valence-corrected chi connectivity index (χ2v) is 5.61. The first-order chi connectivity index (χ1) is 11.0.